The smallest absolute Gasteiger partial charge is 0.227 e. The van der Waals surface area contributed by atoms with Crippen LogP contribution in [0.5, 0.6) is 0 Å². The Kier molecular flexibility index (Phi) is 4.69. The molecule has 2 aromatic rings. The molecule has 1 aromatic heterocycles. The second-order valence-corrected chi connectivity index (χ2v) is 5.92. The molecule has 1 amide bonds. The SMILES string of the molecule is CC1CCCCN1C(=O)CCc1nc(-c2ccccc2F)no1. The standard InChI is InChI=1S/C17H20FN3O2/c1-12-6-4-5-11-21(12)16(22)10-9-15-19-17(20-23-15)13-7-2-3-8-14(13)18/h2-3,7-8,12H,4-6,9-11H2,1H3. The maximum atomic E-state index is 13.7. The number of piperidine rings is 1. The molecule has 23 heavy (non-hydrogen) atoms. The average molecular weight is 317 g/mol. The number of rotatable bonds is 4. The van der Waals surface area contributed by atoms with E-state index < -0.39 is 5.82 Å². The van der Waals surface area contributed by atoms with Crippen LogP contribution < -0.4 is 0 Å². The summed E-state index contributed by atoms with van der Waals surface area (Å²) in [6, 6.07) is 6.58. The van der Waals surface area contributed by atoms with Crippen LogP contribution in [0.4, 0.5) is 4.39 Å². The summed E-state index contributed by atoms with van der Waals surface area (Å²) in [5.41, 5.74) is 0.304. The lowest BCUT2D eigenvalue weighted by Crippen LogP contribution is -2.42. The largest absolute Gasteiger partial charge is 0.340 e. The number of aromatic nitrogens is 2. The van der Waals surface area contributed by atoms with E-state index in [1.54, 1.807) is 18.2 Å². The molecule has 2 heterocycles. The molecule has 1 unspecified atom stereocenters. The van der Waals surface area contributed by atoms with Crippen LogP contribution >= 0.6 is 0 Å². The normalized spacial score (nSPS) is 18.2. The van der Waals surface area contributed by atoms with Crippen molar-refractivity contribution in [2.24, 2.45) is 0 Å². The first-order valence-corrected chi connectivity index (χ1v) is 8.02. The van der Waals surface area contributed by atoms with Gasteiger partial charge >= 0.3 is 0 Å². The van der Waals surface area contributed by atoms with Crippen molar-refractivity contribution in [3.63, 3.8) is 0 Å². The number of nitrogens with zero attached hydrogens (tertiary/aromatic N) is 3. The van der Waals surface area contributed by atoms with Gasteiger partial charge in [-0.05, 0) is 38.3 Å². The second kappa shape index (κ2) is 6.89. The first-order chi connectivity index (χ1) is 11.1. The van der Waals surface area contributed by atoms with Gasteiger partial charge in [-0.1, -0.05) is 17.3 Å². The lowest BCUT2D eigenvalue weighted by molar-refractivity contribution is -0.134. The Morgan fingerprint density at radius 2 is 2.22 bits per heavy atom. The van der Waals surface area contributed by atoms with Crippen LogP contribution in [0.15, 0.2) is 28.8 Å². The number of carbonyl (C=O) groups excluding carboxylic acids is 1. The molecule has 0 saturated carbocycles. The zero-order valence-corrected chi connectivity index (χ0v) is 13.2. The van der Waals surface area contributed by atoms with Gasteiger partial charge in [0.05, 0.1) is 5.56 Å². The van der Waals surface area contributed by atoms with Gasteiger partial charge in [0, 0.05) is 25.4 Å². The van der Waals surface area contributed by atoms with Crippen molar-refractivity contribution in [2.45, 2.75) is 45.1 Å². The van der Waals surface area contributed by atoms with E-state index in [-0.39, 0.29) is 11.7 Å². The van der Waals surface area contributed by atoms with Crippen LogP contribution in [0, 0.1) is 5.82 Å². The highest BCUT2D eigenvalue weighted by atomic mass is 19.1. The van der Waals surface area contributed by atoms with E-state index in [0.717, 1.165) is 19.4 Å². The van der Waals surface area contributed by atoms with Gasteiger partial charge in [0.15, 0.2) is 0 Å². The molecule has 0 spiro atoms. The van der Waals surface area contributed by atoms with E-state index in [2.05, 4.69) is 17.1 Å². The van der Waals surface area contributed by atoms with Crippen molar-refractivity contribution in [3.05, 3.63) is 36.0 Å². The Hall–Kier alpha value is -2.24. The van der Waals surface area contributed by atoms with E-state index in [1.807, 2.05) is 4.90 Å². The molecule has 122 valence electrons. The summed E-state index contributed by atoms with van der Waals surface area (Å²) in [5, 5.41) is 3.80. The molecule has 1 fully saturated rings. The highest BCUT2D eigenvalue weighted by Crippen LogP contribution is 2.20. The highest BCUT2D eigenvalue weighted by Gasteiger charge is 2.23. The molecule has 1 aliphatic heterocycles. The molecule has 0 aliphatic carbocycles. The number of hydrogen-bond acceptors (Lipinski definition) is 4. The van der Waals surface area contributed by atoms with Crippen molar-refractivity contribution in [3.8, 4) is 11.4 Å². The van der Waals surface area contributed by atoms with E-state index in [1.165, 1.54) is 12.5 Å². The minimum absolute atomic E-state index is 0.114. The van der Waals surface area contributed by atoms with E-state index >= 15 is 0 Å². The molecule has 1 aliphatic rings. The Bertz CT molecular complexity index is 686. The molecular formula is C17H20FN3O2. The van der Waals surface area contributed by atoms with Gasteiger partial charge in [-0.2, -0.15) is 4.98 Å². The molecule has 6 heteroatoms. The van der Waals surface area contributed by atoms with Crippen LogP contribution in [-0.2, 0) is 11.2 Å². The monoisotopic (exact) mass is 317 g/mol. The Morgan fingerprint density at radius 1 is 1.39 bits per heavy atom. The van der Waals surface area contributed by atoms with Crippen LogP contribution in [0.25, 0.3) is 11.4 Å². The van der Waals surface area contributed by atoms with Gasteiger partial charge in [-0.3, -0.25) is 4.79 Å². The maximum Gasteiger partial charge on any atom is 0.227 e. The zero-order valence-electron chi connectivity index (χ0n) is 13.2. The Morgan fingerprint density at radius 3 is 3.00 bits per heavy atom. The van der Waals surface area contributed by atoms with Gasteiger partial charge in [0.1, 0.15) is 5.82 Å². The summed E-state index contributed by atoms with van der Waals surface area (Å²) in [5.74, 6) is 0.305. The fourth-order valence-corrected chi connectivity index (χ4v) is 2.93. The van der Waals surface area contributed by atoms with Gasteiger partial charge < -0.3 is 9.42 Å². The Labute approximate surface area is 134 Å². The number of amides is 1. The first kappa shape index (κ1) is 15.6. The molecule has 0 N–H and O–H groups in total. The third-order valence-corrected chi connectivity index (χ3v) is 4.26. The van der Waals surface area contributed by atoms with Gasteiger partial charge in [-0.25, -0.2) is 4.39 Å². The zero-order chi connectivity index (χ0) is 16.2. The summed E-state index contributed by atoms with van der Waals surface area (Å²) < 4.78 is 18.8. The quantitative estimate of drug-likeness (QED) is 0.869. The van der Waals surface area contributed by atoms with Gasteiger partial charge in [0.2, 0.25) is 17.6 Å². The van der Waals surface area contributed by atoms with Crippen LogP contribution in [-0.4, -0.2) is 33.5 Å². The number of hydrogen-bond donors (Lipinski definition) is 0. The van der Waals surface area contributed by atoms with Gasteiger partial charge in [-0.15, -0.1) is 0 Å². The fourth-order valence-electron chi connectivity index (χ4n) is 2.93. The molecule has 0 bridgehead atoms. The van der Waals surface area contributed by atoms with Crippen LogP contribution in [0.1, 0.15) is 38.5 Å². The number of aryl methyl sites for hydroxylation is 1. The number of halogens is 1. The minimum Gasteiger partial charge on any atom is -0.340 e. The highest BCUT2D eigenvalue weighted by molar-refractivity contribution is 5.76. The number of benzene rings is 1. The molecule has 1 atom stereocenters. The van der Waals surface area contributed by atoms with E-state index in [9.17, 15) is 9.18 Å². The predicted molar refractivity (Wildman–Crippen MR) is 83.0 cm³/mol. The Balaban J connectivity index is 1.61. The maximum absolute atomic E-state index is 13.7. The summed E-state index contributed by atoms with van der Waals surface area (Å²) in [6.07, 6.45) is 4.02. The molecular weight excluding hydrogens is 297 g/mol. The van der Waals surface area contributed by atoms with Crippen molar-refractivity contribution in [2.75, 3.05) is 6.54 Å². The summed E-state index contributed by atoms with van der Waals surface area (Å²) in [6.45, 7) is 2.91. The van der Waals surface area contributed by atoms with Crippen molar-refractivity contribution in [1.29, 1.82) is 0 Å². The lowest BCUT2D eigenvalue weighted by Gasteiger charge is -2.33. The number of likely N-dealkylation sites (tertiary alicyclic amines) is 1. The van der Waals surface area contributed by atoms with Gasteiger partial charge in [0.25, 0.3) is 0 Å². The topological polar surface area (TPSA) is 59.2 Å². The summed E-state index contributed by atoms with van der Waals surface area (Å²) in [4.78, 5) is 18.4. The molecule has 1 saturated heterocycles. The molecule has 3 rings (SSSR count). The summed E-state index contributed by atoms with van der Waals surface area (Å²) in [7, 11) is 0. The van der Waals surface area contributed by atoms with Crippen molar-refractivity contribution < 1.29 is 13.7 Å². The number of carbonyl (C=O) groups is 1. The first-order valence-electron chi connectivity index (χ1n) is 8.02. The fraction of sp³-hybridized carbons (Fsp3) is 0.471. The van der Waals surface area contributed by atoms with Crippen LogP contribution in [0.2, 0.25) is 0 Å². The van der Waals surface area contributed by atoms with E-state index in [0.29, 0.717) is 30.3 Å². The molecule has 0 radical (unpaired) electrons. The van der Waals surface area contributed by atoms with Crippen molar-refractivity contribution >= 4 is 5.91 Å². The minimum atomic E-state index is -0.391. The summed E-state index contributed by atoms with van der Waals surface area (Å²) >= 11 is 0. The predicted octanol–water partition coefficient (Wildman–Crippen LogP) is 3.21. The van der Waals surface area contributed by atoms with Crippen molar-refractivity contribution in [1.82, 2.24) is 15.0 Å². The van der Waals surface area contributed by atoms with E-state index in [4.69, 9.17) is 4.52 Å². The second-order valence-electron chi connectivity index (χ2n) is 5.92. The molecule has 5 nitrogen and oxygen atoms in total. The lowest BCUT2D eigenvalue weighted by atomic mass is 10.0. The van der Waals surface area contributed by atoms with Crippen LogP contribution in [0.3, 0.4) is 0 Å². The third kappa shape index (κ3) is 3.57. The average Bonchev–Trinajstić information content (AvgIpc) is 3.02. The third-order valence-electron chi connectivity index (χ3n) is 4.26. The molecule has 1 aromatic carbocycles.